The van der Waals surface area contributed by atoms with Crippen LogP contribution in [0, 0.1) is 0 Å². The van der Waals surface area contributed by atoms with Gasteiger partial charge in [-0.25, -0.2) is 0 Å². The first kappa shape index (κ1) is 11.7. The van der Waals surface area contributed by atoms with Gasteiger partial charge in [0.1, 0.15) is 6.54 Å². The Morgan fingerprint density at radius 3 is 2.58 bits per heavy atom. The maximum atomic E-state index is 12.2. The lowest BCUT2D eigenvalue weighted by atomic mass is 10.1. The molecule has 0 spiro atoms. The van der Waals surface area contributed by atoms with Crippen molar-refractivity contribution in [2.24, 2.45) is 4.99 Å². The second kappa shape index (κ2) is 5.06. The second-order valence-corrected chi connectivity index (χ2v) is 4.49. The van der Waals surface area contributed by atoms with Crippen LogP contribution in [0.2, 0.25) is 0 Å². The van der Waals surface area contributed by atoms with E-state index in [0.29, 0.717) is 6.54 Å². The Morgan fingerprint density at radius 2 is 1.74 bits per heavy atom. The zero-order valence-corrected chi connectivity index (χ0v) is 10.5. The Bertz CT molecular complexity index is 620. The van der Waals surface area contributed by atoms with Crippen LogP contribution < -0.4 is 4.90 Å². The quantitative estimate of drug-likeness (QED) is 0.806. The summed E-state index contributed by atoms with van der Waals surface area (Å²) in [5, 5.41) is 0. The number of benzodiazepines with no additional fused rings is 1. The third kappa shape index (κ3) is 2.40. The molecule has 0 bridgehead atoms. The zero-order chi connectivity index (χ0) is 13.1. The molecule has 0 aromatic heterocycles. The summed E-state index contributed by atoms with van der Waals surface area (Å²) < 4.78 is 0. The zero-order valence-electron chi connectivity index (χ0n) is 10.5. The van der Waals surface area contributed by atoms with Gasteiger partial charge in [-0.3, -0.25) is 9.79 Å². The van der Waals surface area contributed by atoms with Crippen LogP contribution in [-0.2, 0) is 11.3 Å². The highest BCUT2D eigenvalue weighted by Gasteiger charge is 2.19. The molecule has 3 rings (SSSR count). The molecule has 0 N–H and O–H groups in total. The minimum atomic E-state index is 0.0325. The van der Waals surface area contributed by atoms with Gasteiger partial charge in [0.2, 0.25) is 5.91 Å². The van der Waals surface area contributed by atoms with E-state index in [1.54, 1.807) is 11.1 Å². The minimum Gasteiger partial charge on any atom is -0.306 e. The van der Waals surface area contributed by atoms with Crippen LogP contribution in [0.1, 0.15) is 11.1 Å². The molecule has 1 aliphatic heterocycles. The van der Waals surface area contributed by atoms with Crippen molar-refractivity contribution in [3.63, 3.8) is 0 Å². The fourth-order valence-electron chi connectivity index (χ4n) is 2.22. The summed E-state index contributed by atoms with van der Waals surface area (Å²) in [4.78, 5) is 18.2. The molecule has 2 aromatic rings. The van der Waals surface area contributed by atoms with Gasteiger partial charge in [0.25, 0.3) is 0 Å². The van der Waals surface area contributed by atoms with E-state index < -0.39 is 0 Å². The third-order valence-corrected chi connectivity index (χ3v) is 3.17. The van der Waals surface area contributed by atoms with Gasteiger partial charge in [-0.1, -0.05) is 48.5 Å². The molecule has 0 atom stereocenters. The molecule has 0 fully saturated rings. The van der Waals surface area contributed by atoms with Crippen LogP contribution >= 0.6 is 0 Å². The molecule has 1 amide bonds. The van der Waals surface area contributed by atoms with Gasteiger partial charge in [0, 0.05) is 11.8 Å². The number of carbonyl (C=O) groups is 1. The van der Waals surface area contributed by atoms with E-state index in [-0.39, 0.29) is 12.5 Å². The van der Waals surface area contributed by atoms with Gasteiger partial charge < -0.3 is 4.90 Å². The second-order valence-electron chi connectivity index (χ2n) is 4.49. The number of para-hydroxylation sites is 1. The Morgan fingerprint density at radius 1 is 1.00 bits per heavy atom. The van der Waals surface area contributed by atoms with Gasteiger partial charge in [-0.15, -0.1) is 0 Å². The number of aliphatic imine (C=N–C) groups is 1. The molecule has 3 nitrogen and oxygen atoms in total. The number of rotatable bonds is 2. The van der Waals surface area contributed by atoms with Crippen LogP contribution in [0.4, 0.5) is 5.69 Å². The summed E-state index contributed by atoms with van der Waals surface area (Å²) in [6.45, 7) is 0.793. The van der Waals surface area contributed by atoms with Gasteiger partial charge in [-0.2, -0.15) is 0 Å². The number of hydrogen-bond donors (Lipinski definition) is 0. The summed E-state index contributed by atoms with van der Waals surface area (Å²) in [7, 11) is 0. The summed E-state index contributed by atoms with van der Waals surface area (Å²) in [5.74, 6) is 0.0325. The van der Waals surface area contributed by atoms with Gasteiger partial charge in [0.05, 0.1) is 12.2 Å². The van der Waals surface area contributed by atoms with Crippen molar-refractivity contribution in [2.45, 2.75) is 6.54 Å². The lowest BCUT2D eigenvalue weighted by molar-refractivity contribution is -0.117. The highest BCUT2D eigenvalue weighted by molar-refractivity contribution is 6.03. The molecule has 19 heavy (non-hydrogen) atoms. The molecular weight excluding hydrogens is 236 g/mol. The van der Waals surface area contributed by atoms with Gasteiger partial charge >= 0.3 is 0 Å². The summed E-state index contributed by atoms with van der Waals surface area (Å²) >= 11 is 0. The minimum absolute atomic E-state index is 0.0325. The molecule has 0 unspecified atom stereocenters. The van der Waals surface area contributed by atoms with Crippen LogP contribution in [0.25, 0.3) is 0 Å². The normalized spacial score (nSPS) is 14.1. The number of carbonyl (C=O) groups excluding carboxylic acids is 1. The monoisotopic (exact) mass is 250 g/mol. The Labute approximate surface area is 112 Å². The van der Waals surface area contributed by atoms with Crippen LogP contribution in [0.15, 0.2) is 59.6 Å². The van der Waals surface area contributed by atoms with Crippen molar-refractivity contribution in [3.05, 3.63) is 65.7 Å². The largest absolute Gasteiger partial charge is 0.306 e. The summed E-state index contributed by atoms with van der Waals surface area (Å²) in [6, 6.07) is 17.9. The average Bonchev–Trinajstić information content (AvgIpc) is 2.61. The fraction of sp³-hybridized carbons (Fsp3) is 0.125. The Balaban J connectivity index is 1.98. The number of hydrogen-bond acceptors (Lipinski definition) is 2. The van der Waals surface area contributed by atoms with E-state index in [0.717, 1.165) is 16.8 Å². The van der Waals surface area contributed by atoms with E-state index in [1.165, 1.54) is 0 Å². The molecule has 1 aliphatic rings. The van der Waals surface area contributed by atoms with Crippen LogP contribution in [0.5, 0.6) is 0 Å². The molecule has 0 radical (unpaired) electrons. The van der Waals surface area contributed by atoms with E-state index >= 15 is 0 Å². The lowest BCUT2D eigenvalue weighted by Crippen LogP contribution is -2.31. The Hall–Kier alpha value is -2.42. The van der Waals surface area contributed by atoms with Crippen LogP contribution in [0.3, 0.4) is 0 Å². The highest BCUT2D eigenvalue weighted by Crippen LogP contribution is 2.23. The maximum Gasteiger partial charge on any atom is 0.248 e. The van der Waals surface area contributed by atoms with Crippen molar-refractivity contribution in [1.82, 2.24) is 0 Å². The fourth-order valence-corrected chi connectivity index (χ4v) is 2.22. The number of anilines is 1. The first-order valence-electron chi connectivity index (χ1n) is 6.28. The number of amides is 1. The SMILES string of the molecule is O=C1CN=Cc2ccccc2N1Cc1ccccc1. The van der Waals surface area contributed by atoms with Crippen molar-refractivity contribution in [1.29, 1.82) is 0 Å². The van der Waals surface area contributed by atoms with Crippen molar-refractivity contribution in [2.75, 3.05) is 11.4 Å². The summed E-state index contributed by atoms with van der Waals surface area (Å²) in [5.41, 5.74) is 3.04. The summed E-state index contributed by atoms with van der Waals surface area (Å²) in [6.07, 6.45) is 1.78. The smallest absolute Gasteiger partial charge is 0.248 e. The van der Waals surface area contributed by atoms with Gasteiger partial charge in [0.15, 0.2) is 0 Å². The topological polar surface area (TPSA) is 32.7 Å². The number of nitrogens with zero attached hydrogens (tertiary/aromatic N) is 2. The molecule has 0 saturated carbocycles. The predicted octanol–water partition coefficient (Wildman–Crippen LogP) is 2.65. The molecule has 1 heterocycles. The van der Waals surface area contributed by atoms with E-state index in [9.17, 15) is 4.79 Å². The first-order valence-corrected chi connectivity index (χ1v) is 6.28. The molecule has 3 heteroatoms. The average molecular weight is 250 g/mol. The number of benzene rings is 2. The van der Waals surface area contributed by atoms with E-state index in [4.69, 9.17) is 0 Å². The van der Waals surface area contributed by atoms with Crippen LogP contribution in [-0.4, -0.2) is 18.7 Å². The standard InChI is InChI=1S/C16H14N2O/c19-16-11-17-10-14-8-4-5-9-15(14)18(16)12-13-6-2-1-3-7-13/h1-10H,11-12H2. The van der Waals surface area contributed by atoms with E-state index in [1.807, 2.05) is 54.6 Å². The third-order valence-electron chi connectivity index (χ3n) is 3.17. The first-order chi connectivity index (χ1) is 9.34. The number of fused-ring (bicyclic) bond motifs is 1. The molecule has 2 aromatic carbocycles. The molecular formula is C16H14N2O. The molecule has 0 saturated heterocycles. The molecule has 94 valence electrons. The van der Waals surface area contributed by atoms with E-state index in [2.05, 4.69) is 4.99 Å². The molecule has 0 aliphatic carbocycles. The van der Waals surface area contributed by atoms with Crippen molar-refractivity contribution >= 4 is 17.8 Å². The van der Waals surface area contributed by atoms with Crippen molar-refractivity contribution < 1.29 is 4.79 Å². The Kier molecular flexibility index (Phi) is 3.11. The highest BCUT2D eigenvalue weighted by atomic mass is 16.2. The predicted molar refractivity (Wildman–Crippen MR) is 76.5 cm³/mol. The van der Waals surface area contributed by atoms with Crippen molar-refractivity contribution in [3.8, 4) is 0 Å². The lowest BCUT2D eigenvalue weighted by Gasteiger charge is -2.22. The van der Waals surface area contributed by atoms with Gasteiger partial charge in [-0.05, 0) is 11.6 Å². The maximum absolute atomic E-state index is 12.2.